The summed E-state index contributed by atoms with van der Waals surface area (Å²) in [4.78, 5) is -0.422. The van der Waals surface area contributed by atoms with Gasteiger partial charge in [-0.25, -0.2) is 0 Å². The summed E-state index contributed by atoms with van der Waals surface area (Å²) in [5.74, 6) is 0. The maximum absolute atomic E-state index is 6.24. The van der Waals surface area contributed by atoms with Crippen molar-refractivity contribution in [3.05, 3.63) is 71.8 Å². The number of hydrogen-bond donors (Lipinski definition) is 1. The summed E-state index contributed by atoms with van der Waals surface area (Å²) in [5.41, 5.74) is 8.40. The molecular weight excluding hydrogens is 254 g/mol. The highest BCUT2D eigenvalue weighted by Crippen LogP contribution is 2.26. The number of alkyl halides is 1. The molecule has 2 atom stereocenters. The zero-order valence-corrected chi connectivity index (χ0v) is 12.6. The van der Waals surface area contributed by atoms with Gasteiger partial charge in [-0.3, -0.25) is 0 Å². The van der Waals surface area contributed by atoms with Crippen LogP contribution < -0.4 is 5.73 Å². The van der Waals surface area contributed by atoms with E-state index in [1.54, 1.807) is 0 Å². The fourth-order valence-corrected chi connectivity index (χ4v) is 1.91. The zero-order valence-electron chi connectivity index (χ0n) is 11.8. The first-order chi connectivity index (χ1) is 9.08. The quantitative estimate of drug-likeness (QED) is 0.774. The molecule has 0 spiro atoms. The molecule has 0 saturated heterocycles. The van der Waals surface area contributed by atoms with Gasteiger partial charge in [0.05, 0.1) is 10.9 Å². The lowest BCUT2D eigenvalue weighted by Crippen LogP contribution is -2.12. The van der Waals surface area contributed by atoms with Crippen LogP contribution in [-0.2, 0) is 0 Å². The second kappa shape index (κ2) is 7.32. The summed E-state index contributed by atoms with van der Waals surface area (Å²) >= 11 is 6.24. The fraction of sp³-hybridized carbons (Fsp3) is 0.294. The lowest BCUT2D eigenvalue weighted by Gasteiger charge is -2.13. The molecule has 2 N–H and O–H groups in total. The number of benzene rings is 1. The minimum Gasteiger partial charge on any atom is -0.320 e. The molecule has 0 heterocycles. The van der Waals surface area contributed by atoms with Gasteiger partial charge in [-0.1, -0.05) is 74.6 Å². The monoisotopic (exact) mass is 275 g/mol. The number of halogens is 1. The Morgan fingerprint density at radius 2 is 1.74 bits per heavy atom. The molecule has 1 aromatic carbocycles. The zero-order chi connectivity index (χ0) is 14.3. The van der Waals surface area contributed by atoms with Gasteiger partial charge < -0.3 is 5.73 Å². The molecule has 1 aliphatic rings. The Morgan fingerprint density at radius 3 is 2.37 bits per heavy atom. The number of hydrogen-bond acceptors (Lipinski definition) is 1. The molecule has 0 aromatic heterocycles. The van der Waals surface area contributed by atoms with E-state index < -0.39 is 4.87 Å². The Hall–Kier alpha value is -1.31. The molecule has 2 rings (SSSR count). The minimum atomic E-state index is -0.422. The van der Waals surface area contributed by atoms with E-state index in [1.807, 2.05) is 81.5 Å². The molecule has 1 aliphatic carbocycles. The lowest BCUT2D eigenvalue weighted by atomic mass is 9.99. The first kappa shape index (κ1) is 15.7. The highest BCUT2D eigenvalue weighted by Gasteiger charge is 2.16. The predicted octanol–water partition coefficient (Wildman–Crippen LogP) is 4.76. The normalized spacial score (nSPS) is 22.9. The smallest absolute Gasteiger partial charge is 0.0784 e. The van der Waals surface area contributed by atoms with Crippen molar-refractivity contribution in [1.29, 1.82) is 0 Å². The standard InChI is InChI=1S/C15H16ClN.C2H6/c1-15(16)10-5-8-13(9-11-15)14(17)12-6-3-2-4-7-12;1-2/h2-11,14H,17H2,1H3;1-2H3. The highest BCUT2D eigenvalue weighted by molar-refractivity contribution is 6.26. The van der Waals surface area contributed by atoms with Gasteiger partial charge in [-0.05, 0) is 18.1 Å². The van der Waals surface area contributed by atoms with Crippen LogP contribution in [0, 0.1) is 0 Å². The van der Waals surface area contributed by atoms with Gasteiger partial charge >= 0.3 is 0 Å². The maximum atomic E-state index is 6.24. The number of allylic oxidation sites excluding steroid dienone is 4. The van der Waals surface area contributed by atoms with Crippen molar-refractivity contribution in [2.45, 2.75) is 31.7 Å². The van der Waals surface area contributed by atoms with E-state index in [1.165, 1.54) is 0 Å². The maximum Gasteiger partial charge on any atom is 0.0784 e. The molecule has 0 saturated carbocycles. The van der Waals surface area contributed by atoms with E-state index in [0.29, 0.717) is 0 Å². The highest BCUT2D eigenvalue weighted by atomic mass is 35.5. The van der Waals surface area contributed by atoms with Crippen molar-refractivity contribution in [2.24, 2.45) is 5.73 Å². The number of rotatable bonds is 2. The molecule has 2 unspecified atom stereocenters. The number of nitrogens with two attached hydrogens (primary N) is 1. The SMILES string of the molecule is CC.CC1(Cl)C=CC=C(C(N)c2ccccc2)C=C1. The van der Waals surface area contributed by atoms with Crippen LogP contribution in [0.1, 0.15) is 32.4 Å². The molecule has 2 heteroatoms. The molecule has 0 bridgehead atoms. The van der Waals surface area contributed by atoms with Crippen LogP contribution in [0.3, 0.4) is 0 Å². The summed E-state index contributed by atoms with van der Waals surface area (Å²) in [7, 11) is 0. The van der Waals surface area contributed by atoms with Gasteiger partial charge in [0.2, 0.25) is 0 Å². The third kappa shape index (κ3) is 4.70. The van der Waals surface area contributed by atoms with Crippen LogP contribution in [0.25, 0.3) is 0 Å². The summed E-state index contributed by atoms with van der Waals surface area (Å²) in [5, 5.41) is 0. The molecule has 1 nitrogen and oxygen atoms in total. The first-order valence-corrected chi connectivity index (χ1v) is 7.04. The third-order valence-electron chi connectivity index (χ3n) is 2.83. The van der Waals surface area contributed by atoms with Crippen molar-refractivity contribution in [1.82, 2.24) is 0 Å². The molecule has 19 heavy (non-hydrogen) atoms. The Bertz CT molecular complexity index is 469. The lowest BCUT2D eigenvalue weighted by molar-refractivity contribution is 0.868. The van der Waals surface area contributed by atoms with E-state index in [2.05, 4.69) is 0 Å². The first-order valence-electron chi connectivity index (χ1n) is 6.67. The van der Waals surface area contributed by atoms with E-state index in [9.17, 15) is 0 Å². The summed E-state index contributed by atoms with van der Waals surface area (Å²) in [6, 6.07) is 9.95. The van der Waals surface area contributed by atoms with Crippen molar-refractivity contribution in [3.8, 4) is 0 Å². The van der Waals surface area contributed by atoms with Crippen LogP contribution in [0.15, 0.2) is 66.3 Å². The average Bonchev–Trinajstić information content (AvgIpc) is 2.62. The molecule has 0 fully saturated rings. The summed E-state index contributed by atoms with van der Waals surface area (Å²) in [6.07, 6.45) is 9.90. The molecule has 0 aliphatic heterocycles. The van der Waals surface area contributed by atoms with Gasteiger partial charge in [0.1, 0.15) is 0 Å². The molecule has 0 radical (unpaired) electrons. The molecular formula is C17H22ClN. The second-order valence-corrected chi connectivity index (χ2v) is 5.21. The Kier molecular flexibility index (Phi) is 6.07. The van der Waals surface area contributed by atoms with Gasteiger partial charge in [-0.15, -0.1) is 11.6 Å². The van der Waals surface area contributed by atoms with E-state index >= 15 is 0 Å². The van der Waals surface area contributed by atoms with E-state index in [4.69, 9.17) is 17.3 Å². The van der Waals surface area contributed by atoms with Crippen LogP contribution >= 0.6 is 11.6 Å². The van der Waals surface area contributed by atoms with Crippen molar-refractivity contribution >= 4 is 11.6 Å². The van der Waals surface area contributed by atoms with Crippen molar-refractivity contribution in [2.75, 3.05) is 0 Å². The predicted molar refractivity (Wildman–Crippen MR) is 85.3 cm³/mol. The Labute approximate surface area is 121 Å². The van der Waals surface area contributed by atoms with Crippen molar-refractivity contribution < 1.29 is 0 Å². The van der Waals surface area contributed by atoms with E-state index in [-0.39, 0.29) is 6.04 Å². The fourth-order valence-electron chi connectivity index (χ4n) is 1.78. The van der Waals surface area contributed by atoms with Gasteiger partial charge in [-0.2, -0.15) is 0 Å². The van der Waals surface area contributed by atoms with Gasteiger partial charge in [0, 0.05) is 0 Å². The summed E-state index contributed by atoms with van der Waals surface area (Å²) in [6.45, 7) is 5.95. The molecule has 0 amide bonds. The van der Waals surface area contributed by atoms with Crippen LogP contribution in [0.2, 0.25) is 0 Å². The van der Waals surface area contributed by atoms with Crippen LogP contribution in [0.4, 0.5) is 0 Å². The minimum absolute atomic E-state index is 0.109. The van der Waals surface area contributed by atoms with Gasteiger partial charge in [0.25, 0.3) is 0 Å². The van der Waals surface area contributed by atoms with Crippen LogP contribution in [0.5, 0.6) is 0 Å². The van der Waals surface area contributed by atoms with Crippen molar-refractivity contribution in [3.63, 3.8) is 0 Å². The molecule has 102 valence electrons. The summed E-state index contributed by atoms with van der Waals surface area (Å²) < 4.78 is 0. The van der Waals surface area contributed by atoms with Gasteiger partial charge in [0.15, 0.2) is 0 Å². The Morgan fingerprint density at radius 1 is 1.11 bits per heavy atom. The van der Waals surface area contributed by atoms with E-state index in [0.717, 1.165) is 11.1 Å². The molecule has 1 aromatic rings. The van der Waals surface area contributed by atoms with Crippen LogP contribution in [-0.4, -0.2) is 4.87 Å². The largest absolute Gasteiger partial charge is 0.320 e. The third-order valence-corrected chi connectivity index (χ3v) is 3.08. The average molecular weight is 276 g/mol. The second-order valence-electron chi connectivity index (χ2n) is 4.40. The topological polar surface area (TPSA) is 26.0 Å². The Balaban J connectivity index is 0.000000861.